The summed E-state index contributed by atoms with van der Waals surface area (Å²) in [5.41, 5.74) is 0. The molecule has 2 N–H and O–H groups in total. The van der Waals surface area contributed by atoms with Crippen LogP contribution < -0.4 is 5.32 Å². The molecular formula is C10H20N4O. The van der Waals surface area contributed by atoms with E-state index < -0.39 is 0 Å². The number of aryl methyl sites for hydroxylation is 1. The highest BCUT2D eigenvalue weighted by Gasteiger charge is 2.12. The van der Waals surface area contributed by atoms with Gasteiger partial charge in [-0.3, -0.25) is 0 Å². The highest BCUT2D eigenvalue weighted by Crippen LogP contribution is 2.03. The average molecular weight is 212 g/mol. The molecule has 1 rings (SSSR count). The Balaban J connectivity index is 2.53. The van der Waals surface area contributed by atoms with Crippen molar-refractivity contribution < 1.29 is 5.11 Å². The molecular weight excluding hydrogens is 192 g/mol. The lowest BCUT2D eigenvalue weighted by atomic mass is 10.1. The second-order valence-corrected chi connectivity index (χ2v) is 4.14. The Morgan fingerprint density at radius 1 is 1.40 bits per heavy atom. The van der Waals surface area contributed by atoms with Gasteiger partial charge in [-0.2, -0.15) is 0 Å². The molecule has 1 aromatic heterocycles. The molecule has 0 aromatic carbocycles. The van der Waals surface area contributed by atoms with Gasteiger partial charge in [-0.25, -0.2) is 0 Å². The lowest BCUT2D eigenvalue weighted by Crippen LogP contribution is -2.37. The fraction of sp³-hybridized carbons (Fsp3) is 0.800. The highest BCUT2D eigenvalue weighted by molar-refractivity contribution is 4.92. The van der Waals surface area contributed by atoms with Crippen LogP contribution in [0, 0.1) is 12.8 Å². The van der Waals surface area contributed by atoms with Crippen LogP contribution in [-0.4, -0.2) is 32.5 Å². The topological polar surface area (TPSA) is 63.0 Å². The first kappa shape index (κ1) is 12.1. The zero-order chi connectivity index (χ0) is 11.4. The summed E-state index contributed by atoms with van der Waals surface area (Å²) in [6, 6.07) is 0.113. The van der Waals surface area contributed by atoms with Crippen LogP contribution in [0.1, 0.15) is 25.5 Å². The van der Waals surface area contributed by atoms with E-state index in [1.807, 2.05) is 18.5 Å². The Hall–Kier alpha value is -0.940. The van der Waals surface area contributed by atoms with Gasteiger partial charge in [0.1, 0.15) is 11.6 Å². The summed E-state index contributed by atoms with van der Waals surface area (Å²) in [5.74, 6) is 2.20. The molecule has 1 atom stereocenters. The fourth-order valence-electron chi connectivity index (χ4n) is 1.34. The average Bonchev–Trinajstić information content (AvgIpc) is 2.49. The van der Waals surface area contributed by atoms with Gasteiger partial charge in [-0.05, 0) is 12.8 Å². The van der Waals surface area contributed by atoms with Gasteiger partial charge < -0.3 is 15.0 Å². The predicted molar refractivity (Wildman–Crippen MR) is 58.3 cm³/mol. The van der Waals surface area contributed by atoms with E-state index >= 15 is 0 Å². The summed E-state index contributed by atoms with van der Waals surface area (Å²) in [6.07, 6.45) is 0. The highest BCUT2D eigenvalue weighted by atomic mass is 16.3. The summed E-state index contributed by atoms with van der Waals surface area (Å²) in [5, 5.41) is 20.4. The normalized spacial score (nSPS) is 13.5. The monoisotopic (exact) mass is 212 g/mol. The first-order valence-electron chi connectivity index (χ1n) is 5.25. The summed E-state index contributed by atoms with van der Waals surface area (Å²) < 4.78 is 1.95. The number of aliphatic hydroxyl groups excluding tert-OH is 1. The fourth-order valence-corrected chi connectivity index (χ4v) is 1.34. The van der Waals surface area contributed by atoms with Crippen molar-refractivity contribution in [3.8, 4) is 0 Å². The first-order chi connectivity index (χ1) is 7.06. The van der Waals surface area contributed by atoms with E-state index in [2.05, 4.69) is 29.4 Å². The standard InChI is InChI=1S/C10H20N4O/c1-7(2)9(6-15)11-5-10-13-12-8(3)14(10)4/h7,9,11,15H,5-6H2,1-4H3. The maximum atomic E-state index is 9.14. The summed E-state index contributed by atoms with van der Waals surface area (Å²) >= 11 is 0. The molecule has 0 saturated heterocycles. The first-order valence-corrected chi connectivity index (χ1v) is 5.25. The SMILES string of the molecule is Cc1nnc(CNC(CO)C(C)C)n1C. The molecule has 0 saturated carbocycles. The number of aromatic nitrogens is 3. The smallest absolute Gasteiger partial charge is 0.146 e. The zero-order valence-corrected chi connectivity index (χ0v) is 9.86. The largest absolute Gasteiger partial charge is 0.395 e. The summed E-state index contributed by atoms with van der Waals surface area (Å²) in [4.78, 5) is 0. The summed E-state index contributed by atoms with van der Waals surface area (Å²) in [7, 11) is 1.94. The molecule has 0 bridgehead atoms. The minimum atomic E-state index is 0.113. The van der Waals surface area contributed by atoms with Crippen LogP contribution in [0.15, 0.2) is 0 Å². The molecule has 0 radical (unpaired) electrons. The van der Waals surface area contributed by atoms with Crippen molar-refractivity contribution in [1.29, 1.82) is 0 Å². The van der Waals surface area contributed by atoms with E-state index in [0.717, 1.165) is 11.6 Å². The number of hydrogen-bond donors (Lipinski definition) is 2. The number of nitrogens with zero attached hydrogens (tertiary/aromatic N) is 3. The second-order valence-electron chi connectivity index (χ2n) is 4.14. The molecule has 1 aromatic rings. The van der Waals surface area contributed by atoms with Crippen molar-refractivity contribution in [3.63, 3.8) is 0 Å². The Morgan fingerprint density at radius 2 is 2.07 bits per heavy atom. The molecule has 0 amide bonds. The van der Waals surface area contributed by atoms with Crippen molar-refractivity contribution in [3.05, 3.63) is 11.6 Å². The van der Waals surface area contributed by atoms with E-state index in [0.29, 0.717) is 12.5 Å². The van der Waals surface area contributed by atoms with Crippen LogP contribution in [0.25, 0.3) is 0 Å². The Kier molecular flexibility index (Phi) is 4.23. The van der Waals surface area contributed by atoms with Crippen LogP contribution in [-0.2, 0) is 13.6 Å². The molecule has 86 valence electrons. The quantitative estimate of drug-likeness (QED) is 0.733. The number of hydrogen-bond acceptors (Lipinski definition) is 4. The van der Waals surface area contributed by atoms with Crippen LogP contribution in [0.3, 0.4) is 0 Å². The Labute approximate surface area is 90.5 Å². The number of aliphatic hydroxyl groups is 1. The third-order valence-electron chi connectivity index (χ3n) is 2.71. The van der Waals surface area contributed by atoms with Gasteiger partial charge in [-0.1, -0.05) is 13.8 Å². The van der Waals surface area contributed by atoms with Crippen molar-refractivity contribution in [2.75, 3.05) is 6.61 Å². The third kappa shape index (κ3) is 3.00. The van der Waals surface area contributed by atoms with Gasteiger partial charge in [0.05, 0.1) is 13.2 Å². The predicted octanol–water partition coefficient (Wildman–Crippen LogP) is 0.230. The van der Waals surface area contributed by atoms with Gasteiger partial charge in [0.25, 0.3) is 0 Å². The molecule has 15 heavy (non-hydrogen) atoms. The third-order valence-corrected chi connectivity index (χ3v) is 2.71. The van der Waals surface area contributed by atoms with Gasteiger partial charge in [-0.15, -0.1) is 10.2 Å². The van der Waals surface area contributed by atoms with E-state index in [-0.39, 0.29) is 12.6 Å². The van der Waals surface area contributed by atoms with Crippen molar-refractivity contribution in [2.45, 2.75) is 33.4 Å². The van der Waals surface area contributed by atoms with Crippen LogP contribution in [0.5, 0.6) is 0 Å². The van der Waals surface area contributed by atoms with E-state index in [1.54, 1.807) is 0 Å². The molecule has 0 fully saturated rings. The van der Waals surface area contributed by atoms with Crippen LogP contribution in [0.2, 0.25) is 0 Å². The zero-order valence-electron chi connectivity index (χ0n) is 9.86. The second kappa shape index (κ2) is 5.23. The molecule has 5 heteroatoms. The maximum Gasteiger partial charge on any atom is 0.146 e. The maximum absolute atomic E-state index is 9.14. The van der Waals surface area contributed by atoms with Gasteiger partial charge in [0, 0.05) is 13.1 Å². The number of nitrogens with one attached hydrogen (secondary N) is 1. The molecule has 0 aliphatic heterocycles. The van der Waals surface area contributed by atoms with Crippen molar-refractivity contribution in [1.82, 2.24) is 20.1 Å². The van der Waals surface area contributed by atoms with E-state index in [1.165, 1.54) is 0 Å². The molecule has 0 aliphatic carbocycles. The molecule has 0 aliphatic rings. The van der Waals surface area contributed by atoms with Gasteiger partial charge in [0.2, 0.25) is 0 Å². The van der Waals surface area contributed by atoms with Crippen molar-refractivity contribution in [2.24, 2.45) is 13.0 Å². The summed E-state index contributed by atoms with van der Waals surface area (Å²) in [6.45, 7) is 6.86. The minimum absolute atomic E-state index is 0.113. The lowest BCUT2D eigenvalue weighted by Gasteiger charge is -2.19. The molecule has 1 heterocycles. The van der Waals surface area contributed by atoms with Gasteiger partial charge >= 0.3 is 0 Å². The van der Waals surface area contributed by atoms with Crippen molar-refractivity contribution >= 4 is 0 Å². The molecule has 5 nitrogen and oxygen atoms in total. The van der Waals surface area contributed by atoms with Gasteiger partial charge in [0.15, 0.2) is 0 Å². The van der Waals surface area contributed by atoms with Crippen LogP contribution >= 0.6 is 0 Å². The molecule has 0 spiro atoms. The Bertz CT molecular complexity index is 308. The lowest BCUT2D eigenvalue weighted by molar-refractivity contribution is 0.209. The van der Waals surface area contributed by atoms with Crippen LogP contribution in [0.4, 0.5) is 0 Å². The molecule has 1 unspecified atom stereocenters. The minimum Gasteiger partial charge on any atom is -0.395 e. The number of rotatable bonds is 5. The van der Waals surface area contributed by atoms with E-state index in [9.17, 15) is 0 Å². The van der Waals surface area contributed by atoms with E-state index in [4.69, 9.17) is 5.11 Å². The Morgan fingerprint density at radius 3 is 2.47 bits per heavy atom.